The Morgan fingerprint density at radius 1 is 1.03 bits per heavy atom. The van der Waals surface area contributed by atoms with Crippen molar-refractivity contribution in [3.63, 3.8) is 0 Å². The zero-order chi connectivity index (χ0) is 23.9. The van der Waals surface area contributed by atoms with Crippen LogP contribution >= 0.6 is 0 Å². The number of hydrogen-bond donors (Lipinski definition) is 0. The van der Waals surface area contributed by atoms with Crippen molar-refractivity contribution >= 4 is 28.9 Å². The van der Waals surface area contributed by atoms with Gasteiger partial charge in [-0.25, -0.2) is 4.79 Å². The molecule has 9 heteroatoms. The van der Waals surface area contributed by atoms with Gasteiger partial charge in [0.25, 0.3) is 0 Å². The Labute approximate surface area is 188 Å². The SMILES string of the molecule is COc1ccc2c(c1)c(CCN(C)C)cn2C(=O)OCOC(=O)CCC(=O)OC(C)(C)C. The monoisotopic (exact) mass is 448 g/mol. The minimum Gasteiger partial charge on any atom is -0.497 e. The van der Waals surface area contributed by atoms with Crippen molar-refractivity contribution in [1.82, 2.24) is 9.47 Å². The van der Waals surface area contributed by atoms with Gasteiger partial charge in [0.2, 0.25) is 6.79 Å². The van der Waals surface area contributed by atoms with E-state index in [-0.39, 0.29) is 12.8 Å². The summed E-state index contributed by atoms with van der Waals surface area (Å²) < 4.78 is 21.9. The number of rotatable bonds is 9. The molecule has 0 fully saturated rings. The third kappa shape index (κ3) is 7.56. The number of ether oxygens (including phenoxy) is 4. The summed E-state index contributed by atoms with van der Waals surface area (Å²) in [6.07, 6.45) is 1.52. The van der Waals surface area contributed by atoms with Crippen molar-refractivity contribution < 1.29 is 33.3 Å². The molecule has 0 atom stereocenters. The molecule has 0 amide bonds. The first-order valence-electron chi connectivity index (χ1n) is 10.4. The fourth-order valence-electron chi connectivity index (χ4n) is 2.98. The number of carbonyl (C=O) groups is 3. The van der Waals surface area contributed by atoms with Crippen molar-refractivity contribution in [2.45, 2.75) is 45.6 Å². The van der Waals surface area contributed by atoms with Crippen LogP contribution in [-0.2, 0) is 30.2 Å². The Bertz CT molecular complexity index is 957. The third-order valence-electron chi connectivity index (χ3n) is 4.47. The molecule has 2 aromatic rings. The van der Waals surface area contributed by atoms with Crippen LogP contribution in [0.25, 0.3) is 10.9 Å². The zero-order valence-corrected chi connectivity index (χ0v) is 19.6. The second kappa shape index (κ2) is 11.0. The molecule has 0 bridgehead atoms. The number of nitrogens with zero attached hydrogens (tertiary/aromatic N) is 2. The number of carbonyl (C=O) groups excluding carboxylic acids is 3. The lowest BCUT2D eigenvalue weighted by atomic mass is 10.1. The molecule has 0 spiro atoms. The van der Waals surface area contributed by atoms with E-state index in [9.17, 15) is 14.4 Å². The minimum absolute atomic E-state index is 0.108. The fourth-order valence-corrected chi connectivity index (χ4v) is 2.98. The highest BCUT2D eigenvalue weighted by atomic mass is 16.7. The Morgan fingerprint density at radius 2 is 1.72 bits per heavy atom. The normalized spacial score (nSPS) is 11.5. The van der Waals surface area contributed by atoms with Gasteiger partial charge in [-0.15, -0.1) is 0 Å². The first kappa shape index (κ1) is 25.2. The van der Waals surface area contributed by atoms with Gasteiger partial charge in [0, 0.05) is 18.1 Å². The number of aromatic nitrogens is 1. The molecule has 0 unspecified atom stereocenters. The Morgan fingerprint density at radius 3 is 2.34 bits per heavy atom. The summed E-state index contributed by atoms with van der Waals surface area (Å²) in [6.45, 7) is 5.50. The molecule has 0 aliphatic heterocycles. The Kier molecular flexibility index (Phi) is 8.65. The average molecular weight is 449 g/mol. The van der Waals surface area contributed by atoms with Gasteiger partial charge in [-0.05, 0) is 65.0 Å². The van der Waals surface area contributed by atoms with Gasteiger partial charge in [-0.3, -0.25) is 14.2 Å². The van der Waals surface area contributed by atoms with E-state index in [0.717, 1.165) is 23.9 Å². The highest BCUT2D eigenvalue weighted by molar-refractivity contribution is 5.92. The van der Waals surface area contributed by atoms with Crippen LogP contribution in [-0.4, -0.2) is 67.6 Å². The lowest BCUT2D eigenvalue weighted by Gasteiger charge is -2.19. The van der Waals surface area contributed by atoms with E-state index in [4.69, 9.17) is 18.9 Å². The number of hydrogen-bond acceptors (Lipinski definition) is 8. The molecule has 1 aromatic heterocycles. The van der Waals surface area contributed by atoms with Crippen LogP contribution in [0.1, 0.15) is 39.2 Å². The lowest BCUT2D eigenvalue weighted by Crippen LogP contribution is -2.24. The zero-order valence-electron chi connectivity index (χ0n) is 19.6. The van der Waals surface area contributed by atoms with E-state index in [1.165, 1.54) is 4.57 Å². The van der Waals surface area contributed by atoms with Crippen LogP contribution in [0.3, 0.4) is 0 Å². The van der Waals surface area contributed by atoms with Crippen LogP contribution < -0.4 is 4.74 Å². The number of benzene rings is 1. The Hall–Kier alpha value is -3.07. The van der Waals surface area contributed by atoms with E-state index in [1.807, 2.05) is 20.2 Å². The second-order valence-corrected chi connectivity index (χ2v) is 8.59. The van der Waals surface area contributed by atoms with Gasteiger partial charge in [-0.2, -0.15) is 0 Å². The third-order valence-corrected chi connectivity index (χ3v) is 4.47. The molecule has 32 heavy (non-hydrogen) atoms. The van der Waals surface area contributed by atoms with Crippen LogP contribution in [0.5, 0.6) is 5.75 Å². The van der Waals surface area contributed by atoms with Gasteiger partial charge in [0.15, 0.2) is 0 Å². The van der Waals surface area contributed by atoms with Crippen LogP contribution in [0.2, 0.25) is 0 Å². The van der Waals surface area contributed by atoms with Gasteiger partial charge in [-0.1, -0.05) is 0 Å². The van der Waals surface area contributed by atoms with E-state index in [0.29, 0.717) is 11.3 Å². The molecule has 176 valence electrons. The largest absolute Gasteiger partial charge is 0.497 e. The van der Waals surface area contributed by atoms with E-state index < -0.39 is 30.4 Å². The maximum absolute atomic E-state index is 12.6. The fraction of sp³-hybridized carbons (Fsp3) is 0.522. The van der Waals surface area contributed by atoms with Crippen LogP contribution in [0.15, 0.2) is 24.4 Å². The molecule has 2 rings (SSSR count). The van der Waals surface area contributed by atoms with E-state index in [2.05, 4.69) is 4.90 Å². The maximum atomic E-state index is 12.6. The molecule has 9 nitrogen and oxygen atoms in total. The average Bonchev–Trinajstić information content (AvgIpc) is 3.07. The maximum Gasteiger partial charge on any atom is 0.421 e. The quantitative estimate of drug-likeness (QED) is 0.426. The molecule has 0 aliphatic rings. The second-order valence-electron chi connectivity index (χ2n) is 8.59. The Balaban J connectivity index is 1.97. The molecule has 0 radical (unpaired) electrons. The van der Waals surface area contributed by atoms with Gasteiger partial charge >= 0.3 is 18.0 Å². The predicted molar refractivity (Wildman–Crippen MR) is 119 cm³/mol. The van der Waals surface area contributed by atoms with Crippen molar-refractivity contribution in [2.24, 2.45) is 0 Å². The molecular formula is C23H32N2O7. The highest BCUT2D eigenvalue weighted by Gasteiger charge is 2.19. The molecular weight excluding hydrogens is 416 g/mol. The number of esters is 2. The minimum atomic E-state index is -0.670. The molecule has 0 saturated heterocycles. The summed E-state index contributed by atoms with van der Waals surface area (Å²) >= 11 is 0. The van der Waals surface area contributed by atoms with E-state index >= 15 is 0 Å². The smallest absolute Gasteiger partial charge is 0.421 e. The van der Waals surface area contributed by atoms with Crippen molar-refractivity contribution in [1.29, 1.82) is 0 Å². The summed E-state index contributed by atoms with van der Waals surface area (Å²) in [5.41, 5.74) is 1.02. The molecule has 1 aromatic carbocycles. The van der Waals surface area contributed by atoms with Gasteiger partial charge in [0.05, 0.1) is 25.5 Å². The number of methoxy groups -OCH3 is 1. The van der Waals surface area contributed by atoms with E-state index in [1.54, 1.807) is 46.2 Å². The lowest BCUT2D eigenvalue weighted by molar-refractivity contribution is -0.160. The summed E-state index contributed by atoms with van der Waals surface area (Å²) in [5.74, 6) is -0.461. The number of likely N-dealkylation sites (N-methyl/N-ethyl adjacent to an activating group) is 1. The van der Waals surface area contributed by atoms with Gasteiger partial charge in [0.1, 0.15) is 11.4 Å². The molecule has 0 N–H and O–H groups in total. The van der Waals surface area contributed by atoms with Crippen molar-refractivity contribution in [3.8, 4) is 5.75 Å². The highest BCUT2D eigenvalue weighted by Crippen LogP contribution is 2.27. The van der Waals surface area contributed by atoms with Crippen molar-refractivity contribution in [3.05, 3.63) is 30.0 Å². The topological polar surface area (TPSA) is 96.3 Å². The molecule has 0 saturated carbocycles. The first-order valence-corrected chi connectivity index (χ1v) is 10.4. The summed E-state index contributed by atoms with van der Waals surface area (Å²) in [5, 5.41) is 0.887. The predicted octanol–water partition coefficient (Wildman–Crippen LogP) is 3.36. The summed E-state index contributed by atoms with van der Waals surface area (Å²) in [7, 11) is 5.54. The molecule has 0 aliphatic carbocycles. The van der Waals surface area contributed by atoms with Crippen molar-refractivity contribution in [2.75, 3.05) is 34.5 Å². The summed E-state index contributed by atoms with van der Waals surface area (Å²) in [4.78, 5) is 38.1. The van der Waals surface area contributed by atoms with Gasteiger partial charge < -0.3 is 23.8 Å². The van der Waals surface area contributed by atoms with Crippen LogP contribution in [0, 0.1) is 0 Å². The van der Waals surface area contributed by atoms with Crippen LogP contribution in [0.4, 0.5) is 4.79 Å². The first-order chi connectivity index (χ1) is 15.0. The molecule has 1 heterocycles. The summed E-state index contributed by atoms with van der Waals surface area (Å²) in [6, 6.07) is 5.42. The number of fused-ring (bicyclic) bond motifs is 1. The standard InChI is InChI=1S/C23H32N2O7/c1-23(2,3)32-21(27)10-9-20(26)30-15-31-22(28)25-14-16(11-12-24(4)5)18-13-17(29-6)7-8-19(18)25/h7-8,13-14H,9-12,15H2,1-6H3.